The maximum atomic E-state index is 12.5. The molecule has 2 heterocycles. The molecule has 1 aromatic heterocycles. The van der Waals surface area contributed by atoms with Crippen LogP contribution in [0.2, 0.25) is 0 Å². The molecule has 1 atom stereocenters. The Hall–Kier alpha value is -3.54. The molecule has 6 nitrogen and oxygen atoms in total. The SMILES string of the molecule is COc1ccccc1/C=C/C(=O)O[C@H]1Cc2cc3ccc(=O)oc3cc2OC1(C)C. The molecule has 1 aliphatic heterocycles. The maximum absolute atomic E-state index is 12.5. The predicted molar refractivity (Wildman–Crippen MR) is 113 cm³/mol. The summed E-state index contributed by atoms with van der Waals surface area (Å²) in [4.78, 5) is 24.0. The number of ether oxygens (including phenoxy) is 3. The van der Waals surface area contributed by atoms with Crippen LogP contribution in [0.4, 0.5) is 0 Å². The van der Waals surface area contributed by atoms with E-state index in [0.717, 1.165) is 16.5 Å². The first kappa shape index (κ1) is 19.8. The minimum Gasteiger partial charge on any atom is -0.496 e. The Balaban J connectivity index is 1.55. The highest BCUT2D eigenvalue weighted by molar-refractivity contribution is 5.88. The molecule has 0 radical (unpaired) electrons. The Labute approximate surface area is 173 Å². The van der Waals surface area contributed by atoms with Crippen molar-refractivity contribution in [3.05, 3.63) is 76.2 Å². The Bertz CT molecular complexity index is 1190. The third-order valence-corrected chi connectivity index (χ3v) is 5.15. The van der Waals surface area contributed by atoms with E-state index < -0.39 is 23.3 Å². The number of carbonyl (C=O) groups excluding carboxylic acids is 1. The van der Waals surface area contributed by atoms with Crippen molar-refractivity contribution in [1.82, 2.24) is 0 Å². The van der Waals surface area contributed by atoms with Gasteiger partial charge in [0.2, 0.25) is 0 Å². The second-order valence-corrected chi connectivity index (χ2v) is 7.66. The van der Waals surface area contributed by atoms with Crippen molar-refractivity contribution < 1.29 is 23.4 Å². The van der Waals surface area contributed by atoms with E-state index in [4.69, 9.17) is 18.6 Å². The zero-order valence-corrected chi connectivity index (χ0v) is 17.0. The number of hydrogen-bond acceptors (Lipinski definition) is 6. The fraction of sp³-hybridized carbons (Fsp3) is 0.250. The van der Waals surface area contributed by atoms with E-state index in [-0.39, 0.29) is 0 Å². The monoisotopic (exact) mass is 406 g/mol. The minimum atomic E-state index is -0.746. The summed E-state index contributed by atoms with van der Waals surface area (Å²) in [6.45, 7) is 3.73. The van der Waals surface area contributed by atoms with Gasteiger partial charge in [0.05, 0.1) is 7.11 Å². The molecular weight excluding hydrogens is 384 g/mol. The number of fused-ring (bicyclic) bond motifs is 2. The van der Waals surface area contributed by atoms with Crippen LogP contribution in [0.5, 0.6) is 11.5 Å². The highest BCUT2D eigenvalue weighted by atomic mass is 16.6. The molecular formula is C24H22O6. The second-order valence-electron chi connectivity index (χ2n) is 7.66. The number of para-hydroxylation sites is 1. The number of hydrogen-bond donors (Lipinski definition) is 0. The average Bonchev–Trinajstić information content (AvgIpc) is 2.71. The van der Waals surface area contributed by atoms with Gasteiger partial charge in [-0.3, -0.25) is 0 Å². The fourth-order valence-corrected chi connectivity index (χ4v) is 3.52. The summed E-state index contributed by atoms with van der Waals surface area (Å²) in [6, 6.07) is 14.1. The Morgan fingerprint density at radius 1 is 1.17 bits per heavy atom. The standard InChI is InChI=1S/C24H22O6/c1-24(2)21(29-23(26)10-8-15-6-4-5-7-18(15)27-3)13-17-12-16-9-11-22(25)28-19(16)14-20(17)30-24/h4-12,14,21H,13H2,1-3H3/b10-8+/t21-/m0/s1. The number of carbonyl (C=O) groups is 1. The molecule has 0 saturated heterocycles. The summed E-state index contributed by atoms with van der Waals surface area (Å²) < 4.78 is 22.4. The van der Waals surface area contributed by atoms with E-state index in [9.17, 15) is 9.59 Å². The van der Waals surface area contributed by atoms with Crippen LogP contribution in [0.1, 0.15) is 25.0 Å². The molecule has 0 fully saturated rings. The van der Waals surface area contributed by atoms with Crippen LogP contribution in [0, 0.1) is 0 Å². The third-order valence-electron chi connectivity index (χ3n) is 5.15. The van der Waals surface area contributed by atoms with Crippen LogP contribution in [0.3, 0.4) is 0 Å². The topological polar surface area (TPSA) is 75.0 Å². The van der Waals surface area contributed by atoms with Crippen molar-refractivity contribution >= 4 is 23.0 Å². The lowest BCUT2D eigenvalue weighted by Gasteiger charge is -2.39. The van der Waals surface area contributed by atoms with Crippen molar-refractivity contribution in [3.8, 4) is 11.5 Å². The summed E-state index contributed by atoms with van der Waals surface area (Å²) in [5.41, 5.74) is 0.985. The molecule has 1 aliphatic rings. The summed E-state index contributed by atoms with van der Waals surface area (Å²) >= 11 is 0. The number of benzene rings is 2. The average molecular weight is 406 g/mol. The van der Waals surface area contributed by atoms with Gasteiger partial charge in [0.15, 0.2) is 0 Å². The minimum absolute atomic E-state index is 0.411. The van der Waals surface area contributed by atoms with Crippen LogP contribution in [-0.2, 0) is 16.0 Å². The van der Waals surface area contributed by atoms with Crippen LogP contribution < -0.4 is 15.1 Å². The summed E-state index contributed by atoms with van der Waals surface area (Å²) in [5, 5.41) is 0.790. The molecule has 0 N–H and O–H groups in total. The highest BCUT2D eigenvalue weighted by Gasteiger charge is 2.39. The number of methoxy groups -OCH3 is 1. The quantitative estimate of drug-likeness (QED) is 0.368. The van der Waals surface area contributed by atoms with Gasteiger partial charge < -0.3 is 18.6 Å². The summed E-state index contributed by atoms with van der Waals surface area (Å²) in [7, 11) is 1.58. The van der Waals surface area contributed by atoms with E-state index in [2.05, 4.69) is 0 Å². The van der Waals surface area contributed by atoms with Gasteiger partial charge >= 0.3 is 11.6 Å². The van der Waals surface area contributed by atoms with Crippen molar-refractivity contribution in [2.45, 2.75) is 32.0 Å². The van der Waals surface area contributed by atoms with Crippen molar-refractivity contribution in [2.75, 3.05) is 7.11 Å². The molecule has 0 spiro atoms. The smallest absolute Gasteiger partial charge is 0.336 e. The molecule has 0 unspecified atom stereocenters. The van der Waals surface area contributed by atoms with Crippen molar-refractivity contribution in [2.24, 2.45) is 0 Å². The zero-order chi connectivity index (χ0) is 21.3. The van der Waals surface area contributed by atoms with Crippen LogP contribution >= 0.6 is 0 Å². The lowest BCUT2D eigenvalue weighted by Crippen LogP contribution is -2.48. The molecule has 154 valence electrons. The number of esters is 1. The van der Waals surface area contributed by atoms with Gasteiger partial charge in [-0.1, -0.05) is 18.2 Å². The summed E-state index contributed by atoms with van der Waals surface area (Å²) in [6.07, 6.45) is 3.07. The Morgan fingerprint density at radius 3 is 2.77 bits per heavy atom. The maximum Gasteiger partial charge on any atom is 0.336 e. The lowest BCUT2D eigenvalue weighted by molar-refractivity contribution is -0.155. The van der Waals surface area contributed by atoms with Crippen LogP contribution in [0.15, 0.2) is 63.8 Å². The summed E-state index contributed by atoms with van der Waals surface area (Å²) in [5.74, 6) is 0.840. The predicted octanol–water partition coefficient (Wildman–Crippen LogP) is 4.14. The molecule has 0 aliphatic carbocycles. The molecule has 2 aromatic carbocycles. The van der Waals surface area contributed by atoms with Crippen molar-refractivity contribution in [1.29, 1.82) is 0 Å². The highest BCUT2D eigenvalue weighted by Crippen LogP contribution is 2.37. The normalized spacial score (nSPS) is 17.4. The molecule has 0 bridgehead atoms. The number of rotatable bonds is 4. The van der Waals surface area contributed by atoms with E-state index in [1.54, 1.807) is 25.3 Å². The molecule has 3 aromatic rings. The van der Waals surface area contributed by atoms with Gasteiger partial charge in [0.25, 0.3) is 0 Å². The molecule has 30 heavy (non-hydrogen) atoms. The zero-order valence-electron chi connectivity index (χ0n) is 17.0. The Morgan fingerprint density at radius 2 is 1.97 bits per heavy atom. The van der Waals surface area contributed by atoms with Crippen LogP contribution in [0.25, 0.3) is 17.0 Å². The van der Waals surface area contributed by atoms with Gasteiger partial charge in [0.1, 0.15) is 28.8 Å². The molecule has 4 rings (SSSR count). The van der Waals surface area contributed by atoms with Gasteiger partial charge in [-0.2, -0.15) is 0 Å². The molecule has 0 amide bonds. The van der Waals surface area contributed by atoms with E-state index >= 15 is 0 Å². The first-order chi connectivity index (χ1) is 14.4. The Kier molecular flexibility index (Phi) is 5.08. The second kappa shape index (κ2) is 7.71. The fourth-order valence-electron chi connectivity index (χ4n) is 3.52. The lowest BCUT2D eigenvalue weighted by atomic mass is 9.90. The van der Waals surface area contributed by atoms with Gasteiger partial charge in [0, 0.05) is 35.6 Å². The van der Waals surface area contributed by atoms with Gasteiger partial charge in [-0.25, -0.2) is 9.59 Å². The first-order valence-corrected chi connectivity index (χ1v) is 9.63. The first-order valence-electron chi connectivity index (χ1n) is 9.63. The van der Waals surface area contributed by atoms with E-state index in [0.29, 0.717) is 23.5 Å². The van der Waals surface area contributed by atoms with Crippen molar-refractivity contribution in [3.63, 3.8) is 0 Å². The van der Waals surface area contributed by atoms with E-state index in [1.807, 2.05) is 44.2 Å². The van der Waals surface area contributed by atoms with Gasteiger partial charge in [-0.05, 0) is 43.7 Å². The molecule has 6 heteroatoms. The van der Waals surface area contributed by atoms with Gasteiger partial charge in [-0.15, -0.1) is 0 Å². The molecule has 0 saturated carbocycles. The van der Waals surface area contributed by atoms with Crippen LogP contribution in [-0.4, -0.2) is 24.8 Å². The largest absolute Gasteiger partial charge is 0.496 e. The van der Waals surface area contributed by atoms with E-state index in [1.165, 1.54) is 12.1 Å². The third kappa shape index (κ3) is 3.94.